The zero-order chi connectivity index (χ0) is 16.7. The van der Waals surface area contributed by atoms with Crippen molar-refractivity contribution in [2.45, 2.75) is 12.8 Å². The quantitative estimate of drug-likeness (QED) is 0.824. The summed E-state index contributed by atoms with van der Waals surface area (Å²) in [7, 11) is 0. The molecule has 0 atom stereocenters. The van der Waals surface area contributed by atoms with E-state index >= 15 is 0 Å². The molecule has 2 aromatic carbocycles. The molecule has 23 heavy (non-hydrogen) atoms. The van der Waals surface area contributed by atoms with E-state index in [9.17, 15) is 9.59 Å². The average Bonchev–Trinajstić information content (AvgIpc) is 2.55. The Morgan fingerprint density at radius 3 is 2.48 bits per heavy atom. The molecule has 0 aliphatic heterocycles. The second-order valence-corrected chi connectivity index (χ2v) is 5.29. The van der Waals surface area contributed by atoms with Gasteiger partial charge in [0.15, 0.2) is 0 Å². The van der Waals surface area contributed by atoms with Crippen LogP contribution in [0.3, 0.4) is 0 Å². The maximum atomic E-state index is 11.9. The number of benzene rings is 2. The minimum Gasteiger partial charge on any atom is -0.366 e. The Morgan fingerprint density at radius 1 is 1.09 bits per heavy atom. The Balaban J connectivity index is 1.81. The van der Waals surface area contributed by atoms with Crippen LogP contribution in [0.5, 0.6) is 0 Å². The minimum absolute atomic E-state index is 0.0747. The van der Waals surface area contributed by atoms with Gasteiger partial charge >= 0.3 is 0 Å². The summed E-state index contributed by atoms with van der Waals surface area (Å²) in [5, 5.41) is 2.88. The standard InChI is InChI=1S/C19H20N2O2/c1-2-14-6-8-15(9-7-14)10-11-21-18(22)13-16-4-3-5-17(12-16)19(20)23/h2-9,12H,1,10-11,13H2,(H2,20,23)(H,21,22). The Bertz CT molecular complexity index is 706. The lowest BCUT2D eigenvalue weighted by Gasteiger charge is -2.07. The SMILES string of the molecule is C=Cc1ccc(CCNC(=O)Cc2cccc(C(N)=O)c2)cc1. The molecule has 4 nitrogen and oxygen atoms in total. The number of rotatable bonds is 7. The van der Waals surface area contributed by atoms with Crippen molar-refractivity contribution < 1.29 is 9.59 Å². The largest absolute Gasteiger partial charge is 0.366 e. The fourth-order valence-corrected chi connectivity index (χ4v) is 2.25. The van der Waals surface area contributed by atoms with Crippen LogP contribution in [0, 0.1) is 0 Å². The fourth-order valence-electron chi connectivity index (χ4n) is 2.25. The summed E-state index contributed by atoms with van der Waals surface area (Å²) in [6.07, 6.45) is 2.80. The smallest absolute Gasteiger partial charge is 0.248 e. The molecule has 0 radical (unpaired) electrons. The second kappa shape index (κ2) is 7.94. The molecule has 0 spiro atoms. The molecule has 0 saturated carbocycles. The molecule has 0 heterocycles. The molecule has 2 amide bonds. The van der Waals surface area contributed by atoms with E-state index < -0.39 is 5.91 Å². The van der Waals surface area contributed by atoms with Crippen molar-refractivity contribution in [3.05, 3.63) is 77.4 Å². The molecule has 3 N–H and O–H groups in total. The van der Waals surface area contributed by atoms with E-state index in [0.717, 1.165) is 23.1 Å². The summed E-state index contributed by atoms with van der Waals surface area (Å²) in [4.78, 5) is 23.1. The lowest BCUT2D eigenvalue weighted by atomic mass is 10.1. The first kappa shape index (κ1) is 16.5. The summed E-state index contributed by atoms with van der Waals surface area (Å²) < 4.78 is 0. The number of carbonyl (C=O) groups is 2. The zero-order valence-corrected chi connectivity index (χ0v) is 12.9. The zero-order valence-electron chi connectivity index (χ0n) is 12.9. The number of carbonyl (C=O) groups excluding carboxylic acids is 2. The predicted octanol–water partition coefficient (Wildman–Crippen LogP) is 2.33. The van der Waals surface area contributed by atoms with E-state index in [1.54, 1.807) is 30.3 Å². The fraction of sp³-hybridized carbons (Fsp3) is 0.158. The Kier molecular flexibility index (Phi) is 5.69. The first-order valence-corrected chi connectivity index (χ1v) is 7.45. The Morgan fingerprint density at radius 2 is 1.83 bits per heavy atom. The third-order valence-corrected chi connectivity index (χ3v) is 3.53. The maximum absolute atomic E-state index is 11.9. The average molecular weight is 308 g/mol. The molecule has 4 heteroatoms. The predicted molar refractivity (Wildman–Crippen MR) is 91.9 cm³/mol. The first-order valence-electron chi connectivity index (χ1n) is 7.45. The van der Waals surface area contributed by atoms with Gasteiger partial charge in [-0.1, -0.05) is 49.1 Å². The van der Waals surface area contributed by atoms with Crippen LogP contribution >= 0.6 is 0 Å². The van der Waals surface area contributed by atoms with Crippen LogP contribution in [-0.4, -0.2) is 18.4 Å². The van der Waals surface area contributed by atoms with Crippen molar-refractivity contribution in [1.82, 2.24) is 5.32 Å². The van der Waals surface area contributed by atoms with Crippen LogP contribution in [0.1, 0.15) is 27.0 Å². The van der Waals surface area contributed by atoms with E-state index in [1.807, 2.05) is 24.3 Å². The summed E-state index contributed by atoms with van der Waals surface area (Å²) in [6.45, 7) is 4.29. The summed E-state index contributed by atoms with van der Waals surface area (Å²) >= 11 is 0. The minimum atomic E-state index is -0.491. The molecule has 0 saturated heterocycles. The van der Waals surface area contributed by atoms with Crippen molar-refractivity contribution in [1.29, 1.82) is 0 Å². The van der Waals surface area contributed by atoms with Crippen LogP contribution in [0.25, 0.3) is 6.08 Å². The van der Waals surface area contributed by atoms with E-state index in [-0.39, 0.29) is 12.3 Å². The molecule has 0 fully saturated rings. The van der Waals surface area contributed by atoms with Gasteiger partial charge in [-0.2, -0.15) is 0 Å². The monoisotopic (exact) mass is 308 g/mol. The van der Waals surface area contributed by atoms with Crippen LogP contribution in [0.2, 0.25) is 0 Å². The van der Waals surface area contributed by atoms with Crippen LogP contribution in [0.15, 0.2) is 55.1 Å². The van der Waals surface area contributed by atoms with Gasteiger partial charge in [0.2, 0.25) is 11.8 Å². The van der Waals surface area contributed by atoms with Gasteiger partial charge in [-0.25, -0.2) is 0 Å². The van der Waals surface area contributed by atoms with Gasteiger partial charge in [0.1, 0.15) is 0 Å². The normalized spacial score (nSPS) is 10.1. The van der Waals surface area contributed by atoms with E-state index in [2.05, 4.69) is 11.9 Å². The van der Waals surface area contributed by atoms with E-state index in [4.69, 9.17) is 5.73 Å². The van der Waals surface area contributed by atoms with Crippen molar-refractivity contribution in [2.75, 3.05) is 6.54 Å². The van der Waals surface area contributed by atoms with Gasteiger partial charge in [0.05, 0.1) is 6.42 Å². The lowest BCUT2D eigenvalue weighted by Crippen LogP contribution is -2.27. The van der Waals surface area contributed by atoms with Crippen molar-refractivity contribution in [2.24, 2.45) is 5.73 Å². The molecule has 118 valence electrons. The van der Waals surface area contributed by atoms with Gasteiger partial charge in [-0.15, -0.1) is 0 Å². The molecule has 0 bridgehead atoms. The third-order valence-electron chi connectivity index (χ3n) is 3.53. The van der Waals surface area contributed by atoms with Crippen LogP contribution in [-0.2, 0) is 17.6 Å². The van der Waals surface area contributed by atoms with Gasteiger partial charge in [0.25, 0.3) is 0 Å². The number of primary amides is 1. The lowest BCUT2D eigenvalue weighted by molar-refractivity contribution is -0.120. The highest BCUT2D eigenvalue weighted by Crippen LogP contribution is 2.07. The molecule has 0 unspecified atom stereocenters. The summed E-state index contributed by atoms with van der Waals surface area (Å²) in [6, 6.07) is 14.9. The van der Waals surface area contributed by atoms with E-state index in [1.165, 1.54) is 0 Å². The molecule has 0 aliphatic carbocycles. The molecule has 0 aliphatic rings. The molecule has 0 aromatic heterocycles. The highest BCUT2D eigenvalue weighted by atomic mass is 16.1. The van der Waals surface area contributed by atoms with Gasteiger partial charge in [0, 0.05) is 12.1 Å². The van der Waals surface area contributed by atoms with Crippen molar-refractivity contribution in [3.63, 3.8) is 0 Å². The van der Waals surface area contributed by atoms with Crippen molar-refractivity contribution in [3.8, 4) is 0 Å². The van der Waals surface area contributed by atoms with Gasteiger partial charge in [-0.05, 0) is 35.2 Å². The van der Waals surface area contributed by atoms with Crippen LogP contribution < -0.4 is 11.1 Å². The Labute approximate surface area is 136 Å². The number of nitrogens with two attached hydrogens (primary N) is 1. The maximum Gasteiger partial charge on any atom is 0.248 e. The molecular weight excluding hydrogens is 288 g/mol. The number of hydrogen-bond acceptors (Lipinski definition) is 2. The first-order chi connectivity index (χ1) is 11.1. The molecular formula is C19H20N2O2. The van der Waals surface area contributed by atoms with Gasteiger partial charge in [-0.3, -0.25) is 9.59 Å². The summed E-state index contributed by atoms with van der Waals surface area (Å²) in [5.41, 5.74) is 8.65. The number of hydrogen-bond donors (Lipinski definition) is 2. The van der Waals surface area contributed by atoms with Crippen LogP contribution in [0.4, 0.5) is 0 Å². The topological polar surface area (TPSA) is 72.2 Å². The molecule has 2 rings (SSSR count). The highest BCUT2D eigenvalue weighted by Gasteiger charge is 2.06. The van der Waals surface area contributed by atoms with Crippen molar-refractivity contribution >= 4 is 17.9 Å². The second-order valence-electron chi connectivity index (χ2n) is 5.29. The highest BCUT2D eigenvalue weighted by molar-refractivity contribution is 5.93. The van der Waals surface area contributed by atoms with E-state index in [0.29, 0.717) is 12.1 Å². The third kappa shape index (κ3) is 5.11. The molecule has 2 aromatic rings. The Hall–Kier alpha value is -2.88. The number of nitrogens with one attached hydrogen (secondary N) is 1. The summed E-state index contributed by atoms with van der Waals surface area (Å²) in [5.74, 6) is -0.565. The number of amides is 2. The van der Waals surface area contributed by atoms with Gasteiger partial charge < -0.3 is 11.1 Å².